The van der Waals surface area contributed by atoms with E-state index in [1.54, 1.807) is 0 Å². The first-order valence-electron chi connectivity index (χ1n) is 8.65. The second kappa shape index (κ2) is 7.95. The molecule has 0 bridgehead atoms. The lowest BCUT2D eigenvalue weighted by Crippen LogP contribution is -2.43. The molecule has 0 saturated carbocycles. The van der Waals surface area contributed by atoms with Crippen LogP contribution in [-0.2, 0) is 6.42 Å². The first-order valence-corrected chi connectivity index (χ1v) is 8.65. The topological polar surface area (TPSA) is 15.3 Å². The first kappa shape index (κ1) is 16.5. The fourth-order valence-electron chi connectivity index (χ4n) is 3.28. The molecule has 0 amide bonds. The predicted molar refractivity (Wildman–Crippen MR) is 91.7 cm³/mol. The Kier molecular flexibility index (Phi) is 6.25. The molecule has 2 nitrogen and oxygen atoms in total. The van der Waals surface area contributed by atoms with E-state index >= 15 is 0 Å². The highest BCUT2D eigenvalue weighted by atomic mass is 15.1. The van der Waals surface area contributed by atoms with E-state index in [9.17, 15) is 0 Å². The summed E-state index contributed by atoms with van der Waals surface area (Å²) < 4.78 is 0. The van der Waals surface area contributed by atoms with Gasteiger partial charge in [-0.1, -0.05) is 45.0 Å². The molecule has 1 aromatic carbocycles. The zero-order valence-electron chi connectivity index (χ0n) is 14.2. The molecule has 1 aliphatic heterocycles. The highest BCUT2D eigenvalue weighted by Gasteiger charge is 2.19. The van der Waals surface area contributed by atoms with E-state index in [0.29, 0.717) is 12.1 Å². The summed E-state index contributed by atoms with van der Waals surface area (Å²) in [5, 5.41) is 3.81. The molecule has 2 rings (SSSR count). The Morgan fingerprint density at radius 3 is 2.24 bits per heavy atom. The number of nitrogens with zero attached hydrogens (tertiary/aromatic N) is 1. The highest BCUT2D eigenvalue weighted by Crippen LogP contribution is 2.19. The Hall–Kier alpha value is -0.860. The van der Waals surface area contributed by atoms with E-state index < -0.39 is 0 Å². The van der Waals surface area contributed by atoms with Crippen molar-refractivity contribution in [3.05, 3.63) is 35.4 Å². The minimum absolute atomic E-state index is 0.455. The number of rotatable bonds is 6. The molecule has 1 aromatic rings. The first-order chi connectivity index (χ1) is 10.1. The molecule has 1 atom stereocenters. The summed E-state index contributed by atoms with van der Waals surface area (Å²) in [6.07, 6.45) is 3.74. The van der Waals surface area contributed by atoms with Gasteiger partial charge >= 0.3 is 0 Å². The molecule has 21 heavy (non-hydrogen) atoms. The van der Waals surface area contributed by atoms with Crippen LogP contribution in [0.15, 0.2) is 24.3 Å². The number of nitrogens with one attached hydrogen (secondary N) is 1. The summed E-state index contributed by atoms with van der Waals surface area (Å²) in [4.78, 5) is 2.55. The summed E-state index contributed by atoms with van der Waals surface area (Å²) >= 11 is 0. The lowest BCUT2D eigenvalue weighted by Gasteiger charge is -2.33. The molecule has 0 aliphatic carbocycles. The van der Waals surface area contributed by atoms with Gasteiger partial charge in [0.2, 0.25) is 0 Å². The molecule has 1 N–H and O–H groups in total. The minimum atomic E-state index is 0.455. The summed E-state index contributed by atoms with van der Waals surface area (Å²) in [6, 6.07) is 10.3. The molecule has 0 aromatic heterocycles. The average molecular weight is 288 g/mol. The standard InChI is InChI=1S/C19H32N2/c1-5-21-12-10-19(11-13-21)20-16(4)18-8-6-17(7-9-18)14-15(2)3/h6-9,15-16,19-20H,5,10-14H2,1-4H3. The Morgan fingerprint density at radius 1 is 1.10 bits per heavy atom. The Labute approximate surface area is 130 Å². The number of benzene rings is 1. The molecular formula is C19H32N2. The van der Waals surface area contributed by atoms with Crippen LogP contribution in [0, 0.1) is 5.92 Å². The molecule has 0 radical (unpaired) electrons. The van der Waals surface area contributed by atoms with Crippen LogP contribution in [0.3, 0.4) is 0 Å². The van der Waals surface area contributed by atoms with Crippen molar-refractivity contribution in [3.8, 4) is 0 Å². The molecule has 1 heterocycles. The van der Waals surface area contributed by atoms with E-state index in [1.807, 2.05) is 0 Å². The van der Waals surface area contributed by atoms with Crippen molar-refractivity contribution in [1.29, 1.82) is 0 Å². The van der Waals surface area contributed by atoms with Crippen molar-refractivity contribution in [3.63, 3.8) is 0 Å². The third kappa shape index (κ3) is 5.12. The van der Waals surface area contributed by atoms with Gasteiger partial charge in [0.05, 0.1) is 0 Å². The molecular weight excluding hydrogens is 256 g/mol. The second-order valence-corrected chi connectivity index (χ2v) is 6.94. The van der Waals surface area contributed by atoms with Gasteiger partial charge in [-0.05, 0) is 62.9 Å². The van der Waals surface area contributed by atoms with Crippen LogP contribution in [0.4, 0.5) is 0 Å². The Balaban J connectivity index is 1.84. The molecule has 1 aliphatic rings. The van der Waals surface area contributed by atoms with Gasteiger partial charge in [0.15, 0.2) is 0 Å². The zero-order valence-corrected chi connectivity index (χ0v) is 14.2. The van der Waals surface area contributed by atoms with E-state index in [1.165, 1.54) is 50.0 Å². The zero-order chi connectivity index (χ0) is 15.2. The fraction of sp³-hybridized carbons (Fsp3) is 0.684. The second-order valence-electron chi connectivity index (χ2n) is 6.94. The molecule has 0 spiro atoms. The SMILES string of the molecule is CCN1CCC(NC(C)c2ccc(CC(C)C)cc2)CC1. The Morgan fingerprint density at radius 2 is 1.71 bits per heavy atom. The van der Waals surface area contributed by atoms with Crippen molar-refractivity contribution < 1.29 is 0 Å². The van der Waals surface area contributed by atoms with Gasteiger partial charge in [-0.25, -0.2) is 0 Å². The van der Waals surface area contributed by atoms with Crippen LogP contribution in [0.2, 0.25) is 0 Å². The fourth-order valence-corrected chi connectivity index (χ4v) is 3.28. The van der Waals surface area contributed by atoms with Crippen LogP contribution >= 0.6 is 0 Å². The normalized spacial score (nSPS) is 19.1. The number of piperidine rings is 1. The molecule has 1 fully saturated rings. The largest absolute Gasteiger partial charge is 0.307 e. The third-order valence-corrected chi connectivity index (χ3v) is 4.64. The van der Waals surface area contributed by atoms with Gasteiger partial charge in [0.1, 0.15) is 0 Å². The van der Waals surface area contributed by atoms with Gasteiger partial charge in [0, 0.05) is 12.1 Å². The van der Waals surface area contributed by atoms with Gasteiger partial charge in [-0.3, -0.25) is 0 Å². The molecule has 1 saturated heterocycles. The van der Waals surface area contributed by atoms with E-state index in [0.717, 1.165) is 5.92 Å². The van der Waals surface area contributed by atoms with Crippen molar-refractivity contribution in [1.82, 2.24) is 10.2 Å². The quantitative estimate of drug-likeness (QED) is 0.850. The predicted octanol–water partition coefficient (Wildman–Crippen LogP) is 4.02. The van der Waals surface area contributed by atoms with Crippen molar-refractivity contribution in [2.75, 3.05) is 19.6 Å². The average Bonchev–Trinajstić information content (AvgIpc) is 2.48. The molecule has 2 heteroatoms. The maximum Gasteiger partial charge on any atom is 0.0294 e. The number of hydrogen-bond acceptors (Lipinski definition) is 2. The van der Waals surface area contributed by atoms with Crippen LogP contribution in [0.5, 0.6) is 0 Å². The smallest absolute Gasteiger partial charge is 0.0294 e. The van der Waals surface area contributed by atoms with Crippen LogP contribution in [0.25, 0.3) is 0 Å². The summed E-state index contributed by atoms with van der Waals surface area (Å²) in [6.45, 7) is 12.8. The van der Waals surface area contributed by atoms with E-state index in [4.69, 9.17) is 0 Å². The maximum atomic E-state index is 3.81. The molecule has 118 valence electrons. The van der Waals surface area contributed by atoms with Crippen LogP contribution in [-0.4, -0.2) is 30.6 Å². The van der Waals surface area contributed by atoms with Crippen molar-refractivity contribution in [2.24, 2.45) is 5.92 Å². The van der Waals surface area contributed by atoms with Gasteiger partial charge in [0.25, 0.3) is 0 Å². The summed E-state index contributed by atoms with van der Waals surface area (Å²) in [5.74, 6) is 0.732. The highest BCUT2D eigenvalue weighted by molar-refractivity contribution is 5.25. The summed E-state index contributed by atoms with van der Waals surface area (Å²) in [7, 11) is 0. The van der Waals surface area contributed by atoms with Gasteiger partial charge in [-0.15, -0.1) is 0 Å². The van der Waals surface area contributed by atoms with Crippen LogP contribution < -0.4 is 5.32 Å². The number of likely N-dealkylation sites (tertiary alicyclic amines) is 1. The van der Waals surface area contributed by atoms with Crippen LogP contribution in [0.1, 0.15) is 57.7 Å². The van der Waals surface area contributed by atoms with E-state index in [-0.39, 0.29) is 0 Å². The minimum Gasteiger partial charge on any atom is -0.307 e. The number of hydrogen-bond donors (Lipinski definition) is 1. The van der Waals surface area contributed by atoms with Crippen molar-refractivity contribution in [2.45, 2.75) is 59.0 Å². The van der Waals surface area contributed by atoms with Crippen molar-refractivity contribution >= 4 is 0 Å². The summed E-state index contributed by atoms with van der Waals surface area (Å²) in [5.41, 5.74) is 2.87. The molecule has 1 unspecified atom stereocenters. The van der Waals surface area contributed by atoms with E-state index in [2.05, 4.69) is 62.2 Å². The lowest BCUT2D eigenvalue weighted by molar-refractivity contribution is 0.200. The maximum absolute atomic E-state index is 3.81. The third-order valence-electron chi connectivity index (χ3n) is 4.64. The monoisotopic (exact) mass is 288 g/mol. The lowest BCUT2D eigenvalue weighted by atomic mass is 9.98. The van der Waals surface area contributed by atoms with Gasteiger partial charge in [-0.2, -0.15) is 0 Å². The van der Waals surface area contributed by atoms with Gasteiger partial charge < -0.3 is 10.2 Å². The Bertz CT molecular complexity index is 402.